The van der Waals surface area contributed by atoms with Crippen LogP contribution in [0.4, 0.5) is 15.8 Å². The second kappa shape index (κ2) is 8.41. The third-order valence-electron chi connectivity index (χ3n) is 4.85. The number of hydroxylamine groups is 1. The summed E-state index contributed by atoms with van der Waals surface area (Å²) in [5.41, 5.74) is 2.92. The molecule has 132 valence electrons. The van der Waals surface area contributed by atoms with Crippen LogP contribution in [0.25, 0.3) is 0 Å². The molecule has 24 heavy (non-hydrogen) atoms. The fourth-order valence-corrected chi connectivity index (χ4v) is 3.44. The van der Waals surface area contributed by atoms with E-state index in [2.05, 4.69) is 19.7 Å². The van der Waals surface area contributed by atoms with E-state index < -0.39 is 0 Å². The number of anilines is 1. The van der Waals surface area contributed by atoms with Gasteiger partial charge in [0, 0.05) is 45.3 Å². The van der Waals surface area contributed by atoms with Crippen molar-refractivity contribution in [3.63, 3.8) is 0 Å². The van der Waals surface area contributed by atoms with E-state index >= 15 is 0 Å². The molecule has 0 bridgehead atoms. The van der Waals surface area contributed by atoms with Crippen LogP contribution in [-0.4, -0.2) is 73.7 Å². The summed E-state index contributed by atoms with van der Waals surface area (Å²) in [5, 5.41) is 8.48. The molecule has 0 atom stereocenters. The second-order valence-corrected chi connectivity index (χ2v) is 6.40. The van der Waals surface area contributed by atoms with Gasteiger partial charge in [0.2, 0.25) is 0 Å². The minimum atomic E-state index is -0.270. The minimum absolute atomic E-state index is 0.270. The van der Waals surface area contributed by atoms with Crippen LogP contribution in [-0.2, 0) is 0 Å². The van der Waals surface area contributed by atoms with E-state index in [0.29, 0.717) is 11.4 Å². The molecule has 2 heterocycles. The maximum atomic E-state index is 14.3. The van der Waals surface area contributed by atoms with E-state index in [0.717, 1.165) is 45.6 Å². The van der Waals surface area contributed by atoms with Crippen LogP contribution in [0.3, 0.4) is 0 Å². The van der Waals surface area contributed by atoms with Crippen LogP contribution >= 0.6 is 0 Å². The van der Waals surface area contributed by atoms with Crippen molar-refractivity contribution in [3.05, 3.63) is 24.0 Å². The first-order valence-corrected chi connectivity index (χ1v) is 8.67. The van der Waals surface area contributed by atoms with E-state index in [4.69, 9.17) is 5.21 Å². The number of aliphatic imine (C=N–C) groups is 1. The van der Waals surface area contributed by atoms with Gasteiger partial charge in [-0.15, -0.1) is 0 Å². The predicted molar refractivity (Wildman–Crippen MR) is 93.8 cm³/mol. The third kappa shape index (κ3) is 4.43. The fourth-order valence-electron chi connectivity index (χ4n) is 3.44. The normalized spacial score (nSPS) is 20.2. The SMILES string of the molecule is ONC=Nc1ccc(N2CCN(CCN3CCCC3)CC2)c(F)c1. The van der Waals surface area contributed by atoms with Crippen LogP contribution in [0.15, 0.2) is 23.2 Å². The van der Waals surface area contributed by atoms with E-state index in [-0.39, 0.29) is 5.82 Å². The van der Waals surface area contributed by atoms with Gasteiger partial charge >= 0.3 is 0 Å². The Morgan fingerprint density at radius 1 is 1.04 bits per heavy atom. The molecule has 0 spiro atoms. The predicted octanol–water partition coefficient (Wildman–Crippen LogP) is 1.68. The Morgan fingerprint density at radius 2 is 1.71 bits per heavy atom. The summed E-state index contributed by atoms with van der Waals surface area (Å²) < 4.78 is 14.3. The molecule has 0 aliphatic carbocycles. The van der Waals surface area contributed by atoms with Gasteiger partial charge < -0.3 is 9.80 Å². The zero-order chi connectivity index (χ0) is 16.8. The monoisotopic (exact) mass is 335 g/mol. The highest BCUT2D eigenvalue weighted by Crippen LogP contribution is 2.25. The molecule has 0 unspecified atom stereocenters. The van der Waals surface area contributed by atoms with Gasteiger partial charge in [0.25, 0.3) is 0 Å². The molecular weight excluding hydrogens is 309 g/mol. The molecule has 6 nitrogen and oxygen atoms in total. The zero-order valence-corrected chi connectivity index (χ0v) is 14.0. The first-order chi connectivity index (χ1) is 11.8. The van der Waals surface area contributed by atoms with Crippen molar-refractivity contribution in [1.29, 1.82) is 0 Å². The molecule has 0 aromatic heterocycles. The number of hydrogen-bond acceptors (Lipinski definition) is 5. The Hall–Kier alpha value is -1.70. The van der Waals surface area contributed by atoms with Gasteiger partial charge in [-0.1, -0.05) is 0 Å². The highest BCUT2D eigenvalue weighted by Gasteiger charge is 2.20. The molecule has 3 rings (SSSR count). The van der Waals surface area contributed by atoms with E-state index in [1.54, 1.807) is 12.1 Å². The average Bonchev–Trinajstić information content (AvgIpc) is 3.12. The second-order valence-electron chi connectivity index (χ2n) is 6.40. The van der Waals surface area contributed by atoms with E-state index in [1.165, 1.54) is 32.0 Å². The molecule has 2 fully saturated rings. The van der Waals surface area contributed by atoms with Crippen molar-refractivity contribution in [3.8, 4) is 0 Å². The van der Waals surface area contributed by atoms with Crippen LogP contribution in [0, 0.1) is 5.82 Å². The topological polar surface area (TPSA) is 54.3 Å². The quantitative estimate of drug-likeness (QED) is 0.471. The molecule has 7 heteroatoms. The lowest BCUT2D eigenvalue weighted by molar-refractivity contribution is 0.215. The van der Waals surface area contributed by atoms with Gasteiger partial charge in [-0.2, -0.15) is 0 Å². The lowest BCUT2D eigenvalue weighted by Crippen LogP contribution is -2.48. The summed E-state index contributed by atoms with van der Waals surface area (Å²) in [6, 6.07) is 4.91. The maximum Gasteiger partial charge on any atom is 0.148 e. The Bertz CT molecular complexity index is 554. The summed E-state index contributed by atoms with van der Waals surface area (Å²) in [7, 11) is 0. The Kier molecular flexibility index (Phi) is 6.01. The first-order valence-electron chi connectivity index (χ1n) is 8.67. The standard InChI is InChI=1S/C17H26FN5O/c18-16-13-15(19-14-20-24)3-4-17(16)23-11-9-22(10-12-23)8-7-21-5-1-2-6-21/h3-4,13-14,24H,1-2,5-12H2,(H,19,20). The molecule has 2 saturated heterocycles. The lowest BCUT2D eigenvalue weighted by Gasteiger charge is -2.36. The van der Waals surface area contributed by atoms with Gasteiger partial charge in [0.15, 0.2) is 0 Å². The van der Waals surface area contributed by atoms with Gasteiger partial charge in [0.05, 0.1) is 11.4 Å². The van der Waals surface area contributed by atoms with E-state index in [9.17, 15) is 4.39 Å². The van der Waals surface area contributed by atoms with Gasteiger partial charge in [-0.3, -0.25) is 15.6 Å². The molecule has 0 amide bonds. The van der Waals surface area contributed by atoms with Crippen molar-refractivity contribution < 1.29 is 9.60 Å². The van der Waals surface area contributed by atoms with Gasteiger partial charge in [0.1, 0.15) is 12.2 Å². The Balaban J connectivity index is 1.49. The summed E-state index contributed by atoms with van der Waals surface area (Å²) in [5.74, 6) is -0.270. The molecule has 0 saturated carbocycles. The molecule has 2 aliphatic rings. The van der Waals surface area contributed by atoms with Crippen molar-refractivity contribution in [2.75, 3.05) is 57.3 Å². The van der Waals surface area contributed by atoms with Gasteiger partial charge in [-0.25, -0.2) is 9.38 Å². The number of hydrogen-bond donors (Lipinski definition) is 2. The molecular formula is C17H26FN5O. The minimum Gasteiger partial charge on any atom is -0.367 e. The fraction of sp³-hybridized carbons (Fsp3) is 0.588. The van der Waals surface area contributed by atoms with Crippen molar-refractivity contribution >= 4 is 17.7 Å². The molecule has 2 aliphatic heterocycles. The number of piperazine rings is 1. The molecule has 0 radical (unpaired) electrons. The van der Waals surface area contributed by atoms with E-state index in [1.807, 2.05) is 5.48 Å². The number of nitrogens with one attached hydrogen (secondary N) is 1. The smallest absolute Gasteiger partial charge is 0.148 e. The largest absolute Gasteiger partial charge is 0.367 e. The van der Waals surface area contributed by atoms with Crippen molar-refractivity contribution in [2.45, 2.75) is 12.8 Å². The van der Waals surface area contributed by atoms with Crippen LogP contribution in [0.5, 0.6) is 0 Å². The number of halogens is 1. The highest BCUT2D eigenvalue weighted by atomic mass is 19.1. The number of benzene rings is 1. The number of nitrogens with zero attached hydrogens (tertiary/aromatic N) is 4. The first kappa shape index (κ1) is 17.1. The maximum absolute atomic E-state index is 14.3. The van der Waals surface area contributed by atoms with Crippen LogP contribution < -0.4 is 10.4 Å². The lowest BCUT2D eigenvalue weighted by atomic mass is 10.2. The van der Waals surface area contributed by atoms with Crippen LogP contribution in [0.1, 0.15) is 12.8 Å². The number of rotatable bonds is 6. The number of likely N-dealkylation sites (tertiary alicyclic amines) is 1. The summed E-state index contributed by atoms with van der Waals surface area (Å²) >= 11 is 0. The van der Waals surface area contributed by atoms with Crippen molar-refractivity contribution in [2.24, 2.45) is 4.99 Å². The van der Waals surface area contributed by atoms with Crippen molar-refractivity contribution in [1.82, 2.24) is 15.3 Å². The Morgan fingerprint density at radius 3 is 2.33 bits per heavy atom. The average molecular weight is 335 g/mol. The summed E-state index contributed by atoms with van der Waals surface area (Å²) in [4.78, 5) is 11.0. The highest BCUT2D eigenvalue weighted by molar-refractivity contribution is 5.62. The zero-order valence-electron chi connectivity index (χ0n) is 14.0. The molecule has 1 aromatic carbocycles. The van der Waals surface area contributed by atoms with Crippen LogP contribution in [0.2, 0.25) is 0 Å². The van der Waals surface area contributed by atoms with Gasteiger partial charge in [-0.05, 0) is 38.1 Å². The third-order valence-corrected chi connectivity index (χ3v) is 4.85. The Labute approximate surface area is 142 Å². The molecule has 1 aromatic rings. The molecule has 2 N–H and O–H groups in total. The summed E-state index contributed by atoms with van der Waals surface area (Å²) in [6.07, 6.45) is 3.79. The summed E-state index contributed by atoms with van der Waals surface area (Å²) in [6.45, 7) is 8.38.